The molecule has 1 saturated carbocycles. The first kappa shape index (κ1) is 14.0. The Labute approximate surface area is 121 Å². The summed E-state index contributed by atoms with van der Waals surface area (Å²) in [6.07, 6.45) is 1.43. The molecular weight excluding hydrogens is 276 g/mol. The maximum Gasteiger partial charge on any atom is 0.332 e. The SMILES string of the molecule is Cc1nc(NN)nc(N2CC3CCC(O)C3C2)c1[N+](=O)[O-]. The van der Waals surface area contributed by atoms with Crippen LogP contribution in [0.15, 0.2) is 0 Å². The van der Waals surface area contributed by atoms with Gasteiger partial charge in [0.1, 0.15) is 5.69 Å². The van der Waals surface area contributed by atoms with E-state index in [-0.39, 0.29) is 35.2 Å². The number of aromatic nitrogens is 2. The third kappa shape index (κ3) is 2.28. The predicted molar refractivity (Wildman–Crippen MR) is 75.7 cm³/mol. The fourth-order valence-electron chi connectivity index (χ4n) is 3.46. The average molecular weight is 294 g/mol. The lowest BCUT2D eigenvalue weighted by Crippen LogP contribution is -2.27. The van der Waals surface area contributed by atoms with Crippen LogP contribution in [0.5, 0.6) is 0 Å². The molecule has 21 heavy (non-hydrogen) atoms. The summed E-state index contributed by atoms with van der Waals surface area (Å²) in [7, 11) is 0. The van der Waals surface area contributed by atoms with Gasteiger partial charge in [-0.2, -0.15) is 4.98 Å². The zero-order valence-corrected chi connectivity index (χ0v) is 11.7. The van der Waals surface area contributed by atoms with Gasteiger partial charge in [0.2, 0.25) is 11.8 Å². The number of nitrogen functional groups attached to an aromatic ring is 1. The van der Waals surface area contributed by atoms with E-state index in [2.05, 4.69) is 15.4 Å². The second kappa shape index (κ2) is 5.08. The smallest absolute Gasteiger partial charge is 0.332 e. The molecule has 2 fully saturated rings. The summed E-state index contributed by atoms with van der Waals surface area (Å²) in [6.45, 7) is 2.81. The number of fused-ring (bicyclic) bond motifs is 1. The van der Waals surface area contributed by atoms with E-state index in [9.17, 15) is 15.2 Å². The number of hydrogen-bond acceptors (Lipinski definition) is 8. The number of nitrogens with zero attached hydrogens (tertiary/aromatic N) is 4. The van der Waals surface area contributed by atoms with Crippen molar-refractivity contribution in [1.82, 2.24) is 9.97 Å². The molecule has 1 aliphatic heterocycles. The molecule has 1 aliphatic carbocycles. The molecule has 1 saturated heterocycles. The van der Waals surface area contributed by atoms with Crippen molar-refractivity contribution in [3.05, 3.63) is 15.8 Å². The Morgan fingerprint density at radius 1 is 1.43 bits per heavy atom. The van der Waals surface area contributed by atoms with Crippen molar-refractivity contribution < 1.29 is 10.0 Å². The zero-order valence-electron chi connectivity index (χ0n) is 11.7. The standard InChI is InChI=1S/C12H18N6O3/c1-6-10(18(20)21)11(15-12(14-6)16-13)17-4-7-2-3-9(19)8(7)5-17/h7-9,19H,2-5,13H2,1H3,(H,14,15,16). The van der Waals surface area contributed by atoms with Crippen LogP contribution in [0.4, 0.5) is 17.5 Å². The monoisotopic (exact) mass is 294 g/mol. The number of nitro groups is 1. The molecule has 1 aromatic heterocycles. The van der Waals surface area contributed by atoms with Crippen molar-refractivity contribution in [3.8, 4) is 0 Å². The molecule has 9 nitrogen and oxygen atoms in total. The molecule has 2 aliphatic rings. The van der Waals surface area contributed by atoms with E-state index in [0.29, 0.717) is 19.0 Å². The summed E-state index contributed by atoms with van der Waals surface area (Å²) in [6, 6.07) is 0. The normalized spacial score (nSPS) is 27.8. The minimum atomic E-state index is -0.463. The highest BCUT2D eigenvalue weighted by Gasteiger charge is 2.44. The lowest BCUT2D eigenvalue weighted by molar-refractivity contribution is -0.385. The average Bonchev–Trinajstić information content (AvgIpc) is 3.00. The van der Waals surface area contributed by atoms with E-state index in [1.807, 2.05) is 4.90 Å². The highest BCUT2D eigenvalue weighted by atomic mass is 16.6. The minimum absolute atomic E-state index is 0.0940. The van der Waals surface area contributed by atoms with Crippen molar-refractivity contribution in [2.45, 2.75) is 25.9 Å². The Hall–Kier alpha value is -2.00. The van der Waals surface area contributed by atoms with Crippen LogP contribution in [0.1, 0.15) is 18.5 Å². The van der Waals surface area contributed by atoms with Crippen molar-refractivity contribution in [3.63, 3.8) is 0 Å². The van der Waals surface area contributed by atoms with Crippen molar-refractivity contribution in [1.29, 1.82) is 0 Å². The van der Waals surface area contributed by atoms with Gasteiger partial charge in [-0.05, 0) is 25.7 Å². The molecule has 1 aromatic rings. The van der Waals surface area contributed by atoms with Crippen molar-refractivity contribution in [2.75, 3.05) is 23.4 Å². The minimum Gasteiger partial charge on any atom is -0.393 e. The van der Waals surface area contributed by atoms with E-state index in [1.54, 1.807) is 6.92 Å². The van der Waals surface area contributed by atoms with E-state index in [1.165, 1.54) is 0 Å². The fraction of sp³-hybridized carbons (Fsp3) is 0.667. The van der Waals surface area contributed by atoms with Gasteiger partial charge in [-0.3, -0.25) is 15.5 Å². The maximum absolute atomic E-state index is 11.3. The first-order chi connectivity index (χ1) is 10.0. The summed E-state index contributed by atoms with van der Waals surface area (Å²) < 4.78 is 0. The molecule has 0 aromatic carbocycles. The van der Waals surface area contributed by atoms with E-state index >= 15 is 0 Å². The van der Waals surface area contributed by atoms with Crippen LogP contribution >= 0.6 is 0 Å². The summed E-state index contributed by atoms with van der Waals surface area (Å²) in [5.41, 5.74) is 2.52. The highest BCUT2D eigenvalue weighted by molar-refractivity contribution is 5.63. The van der Waals surface area contributed by atoms with Crippen LogP contribution in [-0.4, -0.2) is 39.2 Å². The molecule has 0 amide bonds. The third-order valence-corrected chi connectivity index (χ3v) is 4.47. The van der Waals surface area contributed by atoms with Gasteiger partial charge < -0.3 is 10.0 Å². The molecule has 3 rings (SSSR count). The van der Waals surface area contributed by atoms with Crippen LogP contribution in [0.2, 0.25) is 0 Å². The van der Waals surface area contributed by atoms with Crippen LogP contribution < -0.4 is 16.2 Å². The quantitative estimate of drug-likeness (QED) is 0.409. The van der Waals surface area contributed by atoms with Crippen LogP contribution in [0.25, 0.3) is 0 Å². The predicted octanol–water partition coefficient (Wildman–Crippen LogP) is 0.186. The molecule has 0 radical (unpaired) electrons. The third-order valence-electron chi connectivity index (χ3n) is 4.47. The number of aliphatic hydroxyl groups is 1. The maximum atomic E-state index is 11.3. The molecule has 114 valence electrons. The number of anilines is 2. The number of nitrogens with two attached hydrogens (primary N) is 1. The Morgan fingerprint density at radius 3 is 2.81 bits per heavy atom. The van der Waals surface area contributed by atoms with Gasteiger partial charge >= 0.3 is 5.69 Å². The summed E-state index contributed by atoms with van der Waals surface area (Å²) in [5, 5.41) is 21.3. The Kier molecular flexibility index (Phi) is 3.38. The molecule has 2 heterocycles. The lowest BCUT2D eigenvalue weighted by Gasteiger charge is -2.20. The van der Waals surface area contributed by atoms with Gasteiger partial charge in [0.05, 0.1) is 11.0 Å². The number of rotatable bonds is 3. The molecule has 4 N–H and O–H groups in total. The Bertz CT molecular complexity index is 580. The van der Waals surface area contributed by atoms with Gasteiger partial charge in [-0.15, -0.1) is 0 Å². The highest BCUT2D eigenvalue weighted by Crippen LogP contribution is 2.42. The molecule has 9 heteroatoms. The second-order valence-corrected chi connectivity index (χ2v) is 5.68. The number of hydrazine groups is 1. The molecular formula is C12H18N6O3. The zero-order chi connectivity index (χ0) is 15.1. The van der Waals surface area contributed by atoms with E-state index in [0.717, 1.165) is 12.8 Å². The van der Waals surface area contributed by atoms with Gasteiger partial charge in [0, 0.05) is 19.0 Å². The van der Waals surface area contributed by atoms with Crippen molar-refractivity contribution in [2.24, 2.45) is 17.7 Å². The van der Waals surface area contributed by atoms with Crippen LogP contribution in [0, 0.1) is 28.9 Å². The number of nitrogens with one attached hydrogen (secondary N) is 1. The number of aryl methyl sites for hydroxylation is 1. The van der Waals surface area contributed by atoms with Gasteiger partial charge in [0.25, 0.3) is 0 Å². The molecule has 3 unspecified atom stereocenters. The summed E-state index contributed by atoms with van der Waals surface area (Å²) in [5.74, 6) is 6.29. The second-order valence-electron chi connectivity index (χ2n) is 5.68. The van der Waals surface area contributed by atoms with Gasteiger partial charge in [0.15, 0.2) is 0 Å². The number of hydrogen-bond donors (Lipinski definition) is 3. The van der Waals surface area contributed by atoms with E-state index in [4.69, 9.17) is 5.84 Å². The summed E-state index contributed by atoms with van der Waals surface area (Å²) >= 11 is 0. The largest absolute Gasteiger partial charge is 0.393 e. The lowest BCUT2D eigenvalue weighted by atomic mass is 10.00. The van der Waals surface area contributed by atoms with Crippen molar-refractivity contribution >= 4 is 17.5 Å². The van der Waals surface area contributed by atoms with Crippen LogP contribution in [-0.2, 0) is 0 Å². The first-order valence-electron chi connectivity index (χ1n) is 6.94. The molecule has 3 atom stereocenters. The van der Waals surface area contributed by atoms with E-state index < -0.39 is 4.92 Å². The fourth-order valence-corrected chi connectivity index (χ4v) is 3.46. The van der Waals surface area contributed by atoms with Gasteiger partial charge in [-0.1, -0.05) is 0 Å². The number of aliphatic hydroxyl groups excluding tert-OH is 1. The summed E-state index contributed by atoms with van der Waals surface area (Å²) in [4.78, 5) is 20.8. The Morgan fingerprint density at radius 2 is 2.19 bits per heavy atom. The molecule has 0 spiro atoms. The first-order valence-corrected chi connectivity index (χ1v) is 6.94. The molecule has 0 bridgehead atoms. The van der Waals surface area contributed by atoms with Gasteiger partial charge in [-0.25, -0.2) is 10.8 Å². The Balaban J connectivity index is 1.98. The van der Waals surface area contributed by atoms with Crippen LogP contribution in [0.3, 0.4) is 0 Å². The topological polar surface area (TPSA) is 130 Å².